The number of hydrogen-bond donors (Lipinski definition) is 2. The van der Waals surface area contributed by atoms with Crippen LogP contribution in [0.2, 0.25) is 0 Å². The third kappa shape index (κ3) is 3.61. The lowest BCUT2D eigenvalue weighted by Gasteiger charge is -2.14. The summed E-state index contributed by atoms with van der Waals surface area (Å²) in [6, 6.07) is 14.6. The first-order valence-electron chi connectivity index (χ1n) is 7.12. The van der Waals surface area contributed by atoms with E-state index in [1.807, 2.05) is 32.0 Å². The molecule has 2 heteroatoms. The molecule has 1 unspecified atom stereocenters. The molecule has 20 heavy (non-hydrogen) atoms. The molecule has 0 aliphatic heterocycles. The van der Waals surface area contributed by atoms with Crippen LogP contribution in [-0.2, 0) is 6.54 Å². The quantitative estimate of drug-likeness (QED) is 0.862. The third-order valence-corrected chi connectivity index (χ3v) is 3.70. The van der Waals surface area contributed by atoms with Crippen LogP contribution in [0, 0.1) is 13.8 Å². The van der Waals surface area contributed by atoms with Crippen molar-refractivity contribution >= 4 is 0 Å². The molecule has 0 bridgehead atoms. The van der Waals surface area contributed by atoms with Gasteiger partial charge in [0.2, 0.25) is 0 Å². The molecule has 0 saturated heterocycles. The van der Waals surface area contributed by atoms with Crippen molar-refractivity contribution in [1.29, 1.82) is 0 Å². The van der Waals surface area contributed by atoms with E-state index < -0.39 is 0 Å². The lowest BCUT2D eigenvalue weighted by Crippen LogP contribution is -2.19. The van der Waals surface area contributed by atoms with Crippen molar-refractivity contribution in [3.8, 4) is 5.75 Å². The molecular weight excluding hydrogens is 246 g/mol. The van der Waals surface area contributed by atoms with Gasteiger partial charge in [0.25, 0.3) is 0 Å². The zero-order chi connectivity index (χ0) is 14.5. The molecular formula is C18H23NO. The fourth-order valence-electron chi connectivity index (χ4n) is 2.48. The number of phenolic OH excluding ortho intramolecular Hbond substituents is 1. The molecule has 0 spiro atoms. The topological polar surface area (TPSA) is 32.3 Å². The van der Waals surface area contributed by atoms with Crippen molar-refractivity contribution in [3.05, 3.63) is 64.7 Å². The normalized spacial score (nSPS) is 12.3. The van der Waals surface area contributed by atoms with Gasteiger partial charge < -0.3 is 10.4 Å². The van der Waals surface area contributed by atoms with Crippen molar-refractivity contribution in [3.63, 3.8) is 0 Å². The van der Waals surface area contributed by atoms with E-state index in [2.05, 4.69) is 36.5 Å². The Labute approximate surface area is 121 Å². The minimum Gasteiger partial charge on any atom is -0.507 e. The Morgan fingerprint density at radius 1 is 1.05 bits per heavy atom. The summed E-state index contributed by atoms with van der Waals surface area (Å²) in [5, 5.41) is 13.3. The Morgan fingerprint density at radius 3 is 2.25 bits per heavy atom. The molecule has 0 amide bonds. The summed E-state index contributed by atoms with van der Waals surface area (Å²) in [4.78, 5) is 0. The summed E-state index contributed by atoms with van der Waals surface area (Å²) < 4.78 is 0. The Morgan fingerprint density at radius 2 is 1.65 bits per heavy atom. The second-order valence-corrected chi connectivity index (χ2v) is 5.52. The zero-order valence-corrected chi connectivity index (χ0v) is 12.5. The van der Waals surface area contributed by atoms with E-state index in [4.69, 9.17) is 0 Å². The average molecular weight is 269 g/mol. The highest BCUT2D eigenvalue weighted by atomic mass is 16.3. The van der Waals surface area contributed by atoms with Gasteiger partial charge in [0.05, 0.1) is 0 Å². The lowest BCUT2D eigenvalue weighted by molar-refractivity contribution is 0.466. The van der Waals surface area contributed by atoms with Gasteiger partial charge in [-0.2, -0.15) is 0 Å². The van der Waals surface area contributed by atoms with Gasteiger partial charge in [-0.3, -0.25) is 0 Å². The second-order valence-electron chi connectivity index (χ2n) is 5.52. The van der Waals surface area contributed by atoms with E-state index in [0.29, 0.717) is 11.7 Å². The maximum atomic E-state index is 9.77. The van der Waals surface area contributed by atoms with Crippen LogP contribution in [0.5, 0.6) is 5.75 Å². The summed E-state index contributed by atoms with van der Waals surface area (Å²) >= 11 is 0. The number of aryl methyl sites for hydroxylation is 2. The van der Waals surface area contributed by atoms with E-state index in [0.717, 1.165) is 24.2 Å². The van der Waals surface area contributed by atoms with Gasteiger partial charge >= 0.3 is 0 Å². The van der Waals surface area contributed by atoms with Crippen molar-refractivity contribution in [2.75, 3.05) is 6.54 Å². The lowest BCUT2D eigenvalue weighted by atomic mass is 10.0. The Bertz CT molecular complexity index is 540. The van der Waals surface area contributed by atoms with Crippen LogP contribution in [0.25, 0.3) is 0 Å². The molecule has 2 N–H and O–H groups in total. The summed E-state index contributed by atoms with van der Waals surface area (Å²) in [6.07, 6.45) is 0. The minimum atomic E-state index is 0.409. The number of hydrogen-bond acceptors (Lipinski definition) is 2. The molecule has 0 saturated carbocycles. The molecule has 0 aliphatic carbocycles. The van der Waals surface area contributed by atoms with Crippen LogP contribution < -0.4 is 5.32 Å². The summed E-state index contributed by atoms with van der Waals surface area (Å²) in [5.74, 6) is 0.905. The first-order valence-corrected chi connectivity index (χ1v) is 7.12. The van der Waals surface area contributed by atoms with Crippen molar-refractivity contribution in [2.24, 2.45) is 0 Å². The number of phenols is 1. The highest BCUT2D eigenvalue weighted by Crippen LogP contribution is 2.23. The fourth-order valence-corrected chi connectivity index (χ4v) is 2.48. The summed E-state index contributed by atoms with van der Waals surface area (Å²) in [7, 11) is 0. The van der Waals surface area contributed by atoms with Gasteiger partial charge in [0, 0.05) is 13.1 Å². The van der Waals surface area contributed by atoms with Gasteiger partial charge in [0.15, 0.2) is 0 Å². The van der Waals surface area contributed by atoms with E-state index in [1.165, 1.54) is 11.1 Å². The minimum absolute atomic E-state index is 0.409. The predicted molar refractivity (Wildman–Crippen MR) is 84.1 cm³/mol. The Hall–Kier alpha value is -1.80. The standard InChI is InChI=1S/C18H23NO/c1-13-9-16(10-14(2)18(13)20)12-19-11-15(3)17-7-5-4-6-8-17/h4-10,15,19-20H,11-12H2,1-3H3. The fraction of sp³-hybridized carbons (Fsp3) is 0.333. The van der Waals surface area contributed by atoms with Crippen LogP contribution in [-0.4, -0.2) is 11.7 Å². The maximum absolute atomic E-state index is 9.77. The Kier molecular flexibility index (Phi) is 4.80. The summed E-state index contributed by atoms with van der Waals surface area (Å²) in [6.45, 7) is 7.90. The molecule has 2 aromatic carbocycles. The number of nitrogens with one attached hydrogen (secondary N) is 1. The largest absolute Gasteiger partial charge is 0.507 e. The predicted octanol–water partition coefficient (Wildman–Crippen LogP) is 3.90. The van der Waals surface area contributed by atoms with Crippen LogP contribution in [0.4, 0.5) is 0 Å². The average Bonchev–Trinajstić information content (AvgIpc) is 2.45. The van der Waals surface area contributed by atoms with Crippen LogP contribution >= 0.6 is 0 Å². The van der Waals surface area contributed by atoms with E-state index in [1.54, 1.807) is 0 Å². The molecule has 0 aliphatic rings. The smallest absolute Gasteiger partial charge is 0.121 e. The van der Waals surface area contributed by atoms with E-state index in [9.17, 15) is 5.11 Å². The Balaban J connectivity index is 1.90. The number of aromatic hydroxyl groups is 1. The molecule has 2 aromatic rings. The SMILES string of the molecule is Cc1cc(CNCC(C)c2ccccc2)cc(C)c1O. The van der Waals surface area contributed by atoms with Gasteiger partial charge in [-0.25, -0.2) is 0 Å². The second kappa shape index (κ2) is 6.58. The highest BCUT2D eigenvalue weighted by Gasteiger charge is 2.06. The molecule has 2 rings (SSSR count). The van der Waals surface area contributed by atoms with Gasteiger partial charge in [-0.05, 0) is 42.0 Å². The van der Waals surface area contributed by atoms with Gasteiger partial charge in [-0.1, -0.05) is 49.4 Å². The molecule has 0 radical (unpaired) electrons. The van der Waals surface area contributed by atoms with Crippen LogP contribution in [0.1, 0.15) is 35.1 Å². The summed E-state index contributed by atoms with van der Waals surface area (Å²) in [5.41, 5.74) is 4.46. The first kappa shape index (κ1) is 14.6. The molecule has 0 heterocycles. The zero-order valence-electron chi connectivity index (χ0n) is 12.5. The molecule has 106 valence electrons. The third-order valence-electron chi connectivity index (χ3n) is 3.70. The van der Waals surface area contributed by atoms with Crippen molar-refractivity contribution in [1.82, 2.24) is 5.32 Å². The van der Waals surface area contributed by atoms with Crippen LogP contribution in [0.3, 0.4) is 0 Å². The number of benzene rings is 2. The molecule has 0 fully saturated rings. The monoisotopic (exact) mass is 269 g/mol. The van der Waals surface area contributed by atoms with Gasteiger partial charge in [-0.15, -0.1) is 0 Å². The molecule has 1 atom stereocenters. The first-order chi connectivity index (χ1) is 9.58. The van der Waals surface area contributed by atoms with E-state index in [-0.39, 0.29) is 0 Å². The van der Waals surface area contributed by atoms with Crippen molar-refractivity contribution in [2.45, 2.75) is 33.2 Å². The number of rotatable bonds is 5. The van der Waals surface area contributed by atoms with Crippen LogP contribution in [0.15, 0.2) is 42.5 Å². The highest BCUT2D eigenvalue weighted by molar-refractivity contribution is 5.42. The van der Waals surface area contributed by atoms with Gasteiger partial charge in [0.1, 0.15) is 5.75 Å². The molecule has 2 nitrogen and oxygen atoms in total. The maximum Gasteiger partial charge on any atom is 0.121 e. The molecule has 0 aromatic heterocycles. The van der Waals surface area contributed by atoms with E-state index >= 15 is 0 Å². The van der Waals surface area contributed by atoms with Crippen molar-refractivity contribution < 1.29 is 5.11 Å².